The number of carbonyl (C=O) groups is 2. The zero-order valence-electron chi connectivity index (χ0n) is 13.3. The lowest BCUT2D eigenvalue weighted by atomic mass is 10.0. The molecule has 0 fully saturated rings. The zero-order chi connectivity index (χ0) is 16.4. The summed E-state index contributed by atoms with van der Waals surface area (Å²) in [4.78, 5) is 29.9. The number of hydrogen-bond donors (Lipinski definition) is 1. The number of carbonyl (C=O) groups excluding carboxylic acids is 2. The standard InChI is InChI=1S/C18H19N3O2/c1-3-12-11-19-9-8-15(12)18(23)21(2)14-5-6-16-13(10-14)4-7-17(22)20-16/h5-6,8-11H,3-4,7H2,1-2H3,(H,20,22). The van der Waals surface area contributed by atoms with Crippen LogP contribution in [0, 0.1) is 0 Å². The number of aromatic nitrogens is 1. The molecule has 1 aromatic carbocycles. The lowest BCUT2D eigenvalue weighted by molar-refractivity contribution is -0.116. The summed E-state index contributed by atoms with van der Waals surface area (Å²) in [6, 6.07) is 7.45. The molecule has 0 spiro atoms. The molecule has 1 aliphatic heterocycles. The number of nitrogens with zero attached hydrogens (tertiary/aromatic N) is 2. The number of pyridine rings is 1. The minimum absolute atomic E-state index is 0.0408. The van der Waals surface area contributed by atoms with Gasteiger partial charge in [0.05, 0.1) is 0 Å². The average Bonchev–Trinajstić information content (AvgIpc) is 2.60. The quantitative estimate of drug-likeness (QED) is 0.948. The summed E-state index contributed by atoms with van der Waals surface area (Å²) in [6.07, 6.45) is 5.33. The van der Waals surface area contributed by atoms with E-state index in [4.69, 9.17) is 0 Å². The van der Waals surface area contributed by atoms with Gasteiger partial charge in [0.1, 0.15) is 0 Å². The number of benzene rings is 1. The zero-order valence-corrected chi connectivity index (χ0v) is 13.3. The Labute approximate surface area is 135 Å². The Bertz CT molecular complexity index is 771. The smallest absolute Gasteiger partial charge is 0.258 e. The predicted octanol–water partition coefficient (Wildman–Crippen LogP) is 2.81. The molecule has 118 valence electrons. The SMILES string of the molecule is CCc1cnccc1C(=O)N(C)c1ccc2c(c1)CCC(=O)N2. The molecule has 3 rings (SSSR count). The van der Waals surface area contributed by atoms with Crippen LogP contribution in [-0.2, 0) is 17.6 Å². The van der Waals surface area contributed by atoms with Gasteiger partial charge in [0.2, 0.25) is 5.91 Å². The normalized spacial score (nSPS) is 13.2. The summed E-state index contributed by atoms with van der Waals surface area (Å²) < 4.78 is 0. The molecule has 0 aliphatic carbocycles. The Morgan fingerprint density at radius 2 is 2.13 bits per heavy atom. The minimum Gasteiger partial charge on any atom is -0.326 e. The lowest BCUT2D eigenvalue weighted by Gasteiger charge is -2.22. The van der Waals surface area contributed by atoms with Crippen molar-refractivity contribution in [3.8, 4) is 0 Å². The number of aryl methyl sites for hydroxylation is 2. The first-order chi connectivity index (χ1) is 11.1. The summed E-state index contributed by atoms with van der Waals surface area (Å²) >= 11 is 0. The van der Waals surface area contributed by atoms with Gasteiger partial charge in [-0.1, -0.05) is 6.92 Å². The van der Waals surface area contributed by atoms with Crippen molar-refractivity contribution < 1.29 is 9.59 Å². The molecule has 1 N–H and O–H groups in total. The molecule has 5 heteroatoms. The van der Waals surface area contributed by atoms with Crippen molar-refractivity contribution in [1.82, 2.24) is 4.98 Å². The van der Waals surface area contributed by atoms with Crippen LogP contribution in [0.3, 0.4) is 0 Å². The summed E-state index contributed by atoms with van der Waals surface area (Å²) in [5.41, 5.74) is 4.34. The fourth-order valence-electron chi connectivity index (χ4n) is 2.79. The Balaban J connectivity index is 1.89. The first-order valence-electron chi connectivity index (χ1n) is 7.74. The van der Waals surface area contributed by atoms with E-state index in [9.17, 15) is 9.59 Å². The number of hydrogen-bond acceptors (Lipinski definition) is 3. The maximum Gasteiger partial charge on any atom is 0.258 e. The number of fused-ring (bicyclic) bond motifs is 1. The summed E-state index contributed by atoms with van der Waals surface area (Å²) in [5, 5.41) is 2.85. The Kier molecular flexibility index (Phi) is 4.10. The molecule has 5 nitrogen and oxygen atoms in total. The maximum absolute atomic E-state index is 12.8. The van der Waals surface area contributed by atoms with Crippen LogP contribution in [0.1, 0.15) is 34.8 Å². The molecule has 2 heterocycles. The van der Waals surface area contributed by atoms with Gasteiger partial charge in [-0.2, -0.15) is 0 Å². The van der Waals surface area contributed by atoms with Crippen LogP contribution in [0.15, 0.2) is 36.7 Å². The van der Waals surface area contributed by atoms with Crippen LogP contribution in [0.2, 0.25) is 0 Å². The second-order valence-electron chi connectivity index (χ2n) is 5.64. The number of anilines is 2. The molecule has 23 heavy (non-hydrogen) atoms. The second-order valence-corrected chi connectivity index (χ2v) is 5.64. The van der Waals surface area contributed by atoms with Gasteiger partial charge in [-0.25, -0.2) is 0 Å². The molecule has 1 aliphatic rings. The largest absolute Gasteiger partial charge is 0.326 e. The average molecular weight is 309 g/mol. The second kappa shape index (κ2) is 6.20. The van der Waals surface area contributed by atoms with Gasteiger partial charge in [0.15, 0.2) is 0 Å². The first-order valence-corrected chi connectivity index (χ1v) is 7.74. The molecule has 0 bridgehead atoms. The minimum atomic E-state index is -0.0518. The van der Waals surface area contributed by atoms with Crippen LogP contribution in [-0.4, -0.2) is 23.8 Å². The van der Waals surface area contributed by atoms with Crippen LogP contribution in [0.5, 0.6) is 0 Å². The van der Waals surface area contributed by atoms with Crippen molar-refractivity contribution in [2.24, 2.45) is 0 Å². The van der Waals surface area contributed by atoms with E-state index in [1.807, 2.05) is 25.1 Å². The van der Waals surface area contributed by atoms with E-state index in [1.54, 1.807) is 30.4 Å². The van der Waals surface area contributed by atoms with Gasteiger partial charge in [0.25, 0.3) is 5.91 Å². The molecule has 2 aromatic rings. The predicted molar refractivity (Wildman–Crippen MR) is 89.7 cm³/mol. The Morgan fingerprint density at radius 1 is 1.30 bits per heavy atom. The van der Waals surface area contributed by atoms with Gasteiger partial charge in [-0.3, -0.25) is 14.6 Å². The highest BCUT2D eigenvalue weighted by atomic mass is 16.2. The van der Waals surface area contributed by atoms with E-state index in [1.165, 1.54) is 0 Å². The number of amides is 2. The Morgan fingerprint density at radius 3 is 2.91 bits per heavy atom. The van der Waals surface area contributed by atoms with Crippen LogP contribution >= 0.6 is 0 Å². The van der Waals surface area contributed by atoms with E-state index in [2.05, 4.69) is 10.3 Å². The fraction of sp³-hybridized carbons (Fsp3) is 0.278. The van der Waals surface area contributed by atoms with Crippen molar-refractivity contribution in [3.63, 3.8) is 0 Å². The molecule has 0 unspecified atom stereocenters. The van der Waals surface area contributed by atoms with Crippen molar-refractivity contribution in [2.45, 2.75) is 26.2 Å². The molecule has 0 radical (unpaired) electrons. The van der Waals surface area contributed by atoms with Crippen LogP contribution < -0.4 is 10.2 Å². The van der Waals surface area contributed by atoms with Crippen molar-refractivity contribution in [3.05, 3.63) is 53.3 Å². The molecule has 0 saturated carbocycles. The molecule has 1 aromatic heterocycles. The third kappa shape index (κ3) is 2.95. The van der Waals surface area contributed by atoms with Crippen LogP contribution in [0.25, 0.3) is 0 Å². The van der Waals surface area contributed by atoms with E-state index in [0.717, 1.165) is 28.9 Å². The summed E-state index contributed by atoms with van der Waals surface area (Å²) in [6.45, 7) is 2.01. The van der Waals surface area contributed by atoms with Crippen molar-refractivity contribution >= 4 is 23.2 Å². The molecule has 0 saturated heterocycles. The topological polar surface area (TPSA) is 62.3 Å². The summed E-state index contributed by atoms with van der Waals surface area (Å²) in [7, 11) is 1.77. The van der Waals surface area contributed by atoms with Crippen molar-refractivity contribution in [1.29, 1.82) is 0 Å². The van der Waals surface area contributed by atoms with Gasteiger partial charge >= 0.3 is 0 Å². The van der Waals surface area contributed by atoms with E-state index in [-0.39, 0.29) is 11.8 Å². The fourth-order valence-corrected chi connectivity index (χ4v) is 2.79. The molecular formula is C18H19N3O2. The van der Waals surface area contributed by atoms with Gasteiger partial charge in [0, 0.05) is 42.8 Å². The van der Waals surface area contributed by atoms with Gasteiger partial charge in [-0.15, -0.1) is 0 Å². The lowest BCUT2D eigenvalue weighted by Crippen LogP contribution is -2.28. The third-order valence-corrected chi connectivity index (χ3v) is 4.19. The highest BCUT2D eigenvalue weighted by Crippen LogP contribution is 2.28. The number of rotatable bonds is 3. The summed E-state index contributed by atoms with van der Waals surface area (Å²) in [5.74, 6) is -0.0110. The van der Waals surface area contributed by atoms with E-state index < -0.39 is 0 Å². The maximum atomic E-state index is 12.8. The third-order valence-electron chi connectivity index (χ3n) is 4.19. The van der Waals surface area contributed by atoms with E-state index >= 15 is 0 Å². The number of nitrogens with one attached hydrogen (secondary N) is 1. The highest BCUT2D eigenvalue weighted by Gasteiger charge is 2.19. The van der Waals surface area contributed by atoms with Crippen molar-refractivity contribution in [2.75, 3.05) is 17.3 Å². The molecule has 2 amide bonds. The van der Waals surface area contributed by atoms with Gasteiger partial charge < -0.3 is 10.2 Å². The van der Waals surface area contributed by atoms with Gasteiger partial charge in [-0.05, 0) is 48.2 Å². The van der Waals surface area contributed by atoms with Crippen LogP contribution in [0.4, 0.5) is 11.4 Å². The molecule has 0 atom stereocenters. The van der Waals surface area contributed by atoms with E-state index in [0.29, 0.717) is 18.4 Å². The first kappa shape index (κ1) is 15.2. The highest BCUT2D eigenvalue weighted by molar-refractivity contribution is 6.07. The monoisotopic (exact) mass is 309 g/mol. The molecular weight excluding hydrogens is 290 g/mol. The Hall–Kier alpha value is -2.69.